The third-order valence-electron chi connectivity index (χ3n) is 3.25. The van der Waals surface area contributed by atoms with Gasteiger partial charge in [-0.3, -0.25) is 4.79 Å². The number of thioether (sulfide) groups is 1. The summed E-state index contributed by atoms with van der Waals surface area (Å²) in [6, 6.07) is 5.60. The predicted molar refractivity (Wildman–Crippen MR) is 77.0 cm³/mol. The SMILES string of the molecule is CCSCCCC(CN)(C(=O)O)c1ccc(F)cc1. The van der Waals surface area contributed by atoms with Gasteiger partial charge in [-0.15, -0.1) is 0 Å². The summed E-state index contributed by atoms with van der Waals surface area (Å²) in [4.78, 5) is 11.6. The fraction of sp³-hybridized carbons (Fsp3) is 0.500. The van der Waals surface area contributed by atoms with Gasteiger partial charge < -0.3 is 10.8 Å². The third kappa shape index (κ3) is 3.94. The Kier molecular flexibility index (Phi) is 6.31. The van der Waals surface area contributed by atoms with Gasteiger partial charge in [0.2, 0.25) is 0 Å². The highest BCUT2D eigenvalue weighted by molar-refractivity contribution is 7.99. The van der Waals surface area contributed by atoms with E-state index >= 15 is 0 Å². The van der Waals surface area contributed by atoms with Gasteiger partial charge in [-0.2, -0.15) is 11.8 Å². The van der Waals surface area contributed by atoms with Crippen LogP contribution < -0.4 is 5.73 Å². The van der Waals surface area contributed by atoms with E-state index in [-0.39, 0.29) is 12.4 Å². The number of carboxylic acid groups (broad SMARTS) is 1. The molecular weight excluding hydrogens is 265 g/mol. The molecule has 1 rings (SSSR count). The second kappa shape index (κ2) is 7.50. The van der Waals surface area contributed by atoms with Crippen LogP contribution in [0.4, 0.5) is 4.39 Å². The summed E-state index contributed by atoms with van der Waals surface area (Å²) in [6.45, 7) is 2.09. The minimum Gasteiger partial charge on any atom is -0.481 e. The molecule has 0 saturated carbocycles. The Hall–Kier alpha value is -1.07. The van der Waals surface area contributed by atoms with Gasteiger partial charge in [0.05, 0.1) is 0 Å². The number of benzene rings is 1. The van der Waals surface area contributed by atoms with E-state index in [2.05, 4.69) is 6.92 Å². The summed E-state index contributed by atoms with van der Waals surface area (Å²) in [6.07, 6.45) is 1.25. The molecule has 0 aliphatic rings. The van der Waals surface area contributed by atoms with E-state index < -0.39 is 11.4 Å². The summed E-state index contributed by atoms with van der Waals surface area (Å²) in [5.74, 6) is 0.608. The Morgan fingerprint density at radius 3 is 2.53 bits per heavy atom. The van der Waals surface area contributed by atoms with Crippen LogP contribution in [0.3, 0.4) is 0 Å². The monoisotopic (exact) mass is 285 g/mol. The first-order valence-electron chi connectivity index (χ1n) is 6.34. The largest absolute Gasteiger partial charge is 0.481 e. The molecule has 19 heavy (non-hydrogen) atoms. The number of halogens is 1. The van der Waals surface area contributed by atoms with E-state index in [1.54, 1.807) is 11.8 Å². The highest BCUT2D eigenvalue weighted by Crippen LogP contribution is 2.30. The average molecular weight is 285 g/mol. The minimum atomic E-state index is -1.11. The van der Waals surface area contributed by atoms with Crippen molar-refractivity contribution in [2.75, 3.05) is 18.1 Å². The van der Waals surface area contributed by atoms with Crippen molar-refractivity contribution in [3.63, 3.8) is 0 Å². The molecule has 0 spiro atoms. The molecule has 0 aliphatic carbocycles. The average Bonchev–Trinajstić information content (AvgIpc) is 2.40. The molecule has 0 heterocycles. The van der Waals surface area contributed by atoms with E-state index in [4.69, 9.17) is 5.73 Å². The standard InChI is InChI=1S/C14H20FNO2S/c1-2-19-9-3-8-14(10-16,13(17)18)11-4-6-12(15)7-5-11/h4-7H,2-3,8-10,16H2,1H3,(H,17,18). The zero-order valence-electron chi connectivity index (χ0n) is 11.1. The summed E-state index contributed by atoms with van der Waals surface area (Å²) in [5.41, 5.74) is 5.18. The normalized spacial score (nSPS) is 14.1. The van der Waals surface area contributed by atoms with Gasteiger partial charge in [0, 0.05) is 6.54 Å². The lowest BCUT2D eigenvalue weighted by molar-refractivity contribution is -0.143. The summed E-state index contributed by atoms with van der Waals surface area (Å²) in [7, 11) is 0. The molecule has 0 saturated heterocycles. The molecule has 1 aromatic carbocycles. The Labute approximate surface area is 117 Å². The zero-order chi connectivity index (χ0) is 14.3. The predicted octanol–water partition coefficient (Wildman–Crippen LogP) is 2.64. The summed E-state index contributed by atoms with van der Waals surface area (Å²) >= 11 is 1.77. The number of nitrogens with two attached hydrogens (primary N) is 1. The van der Waals surface area contributed by atoms with Crippen molar-refractivity contribution >= 4 is 17.7 Å². The maximum Gasteiger partial charge on any atom is 0.315 e. The third-order valence-corrected chi connectivity index (χ3v) is 4.24. The van der Waals surface area contributed by atoms with Gasteiger partial charge in [0.15, 0.2) is 0 Å². The van der Waals surface area contributed by atoms with E-state index in [1.165, 1.54) is 24.3 Å². The van der Waals surface area contributed by atoms with Crippen molar-refractivity contribution in [2.45, 2.75) is 25.2 Å². The molecule has 106 valence electrons. The van der Waals surface area contributed by atoms with E-state index in [0.717, 1.165) is 17.9 Å². The van der Waals surface area contributed by atoms with Crippen LogP contribution in [0.15, 0.2) is 24.3 Å². The molecule has 3 nitrogen and oxygen atoms in total. The summed E-state index contributed by atoms with van der Waals surface area (Å²) < 4.78 is 13.0. The smallest absolute Gasteiger partial charge is 0.315 e. The second-order valence-corrected chi connectivity index (χ2v) is 5.79. The molecule has 0 fully saturated rings. The molecule has 1 unspecified atom stereocenters. The van der Waals surface area contributed by atoms with Crippen LogP contribution in [0.1, 0.15) is 25.3 Å². The van der Waals surface area contributed by atoms with Crippen molar-refractivity contribution in [2.24, 2.45) is 5.73 Å². The lowest BCUT2D eigenvalue weighted by Gasteiger charge is -2.28. The van der Waals surface area contributed by atoms with Crippen molar-refractivity contribution < 1.29 is 14.3 Å². The second-order valence-electron chi connectivity index (χ2n) is 4.40. The van der Waals surface area contributed by atoms with Gasteiger partial charge >= 0.3 is 5.97 Å². The molecule has 1 atom stereocenters. The van der Waals surface area contributed by atoms with E-state index in [1.807, 2.05) is 0 Å². The van der Waals surface area contributed by atoms with Crippen LogP contribution in [0.2, 0.25) is 0 Å². The topological polar surface area (TPSA) is 63.3 Å². The Morgan fingerprint density at radius 1 is 1.42 bits per heavy atom. The fourth-order valence-corrected chi connectivity index (χ4v) is 2.71. The lowest BCUT2D eigenvalue weighted by Crippen LogP contribution is -2.43. The minimum absolute atomic E-state index is 0.0186. The quantitative estimate of drug-likeness (QED) is 0.721. The highest BCUT2D eigenvalue weighted by atomic mass is 32.2. The highest BCUT2D eigenvalue weighted by Gasteiger charge is 2.38. The lowest BCUT2D eigenvalue weighted by atomic mass is 9.77. The molecule has 1 aromatic rings. The van der Waals surface area contributed by atoms with Gasteiger partial charge in [-0.1, -0.05) is 19.1 Å². The zero-order valence-corrected chi connectivity index (χ0v) is 11.9. The Morgan fingerprint density at radius 2 is 2.05 bits per heavy atom. The van der Waals surface area contributed by atoms with Crippen LogP contribution in [0, 0.1) is 5.82 Å². The number of rotatable bonds is 8. The fourth-order valence-electron chi connectivity index (χ4n) is 2.07. The summed E-state index contributed by atoms with van der Waals surface area (Å²) in [5, 5.41) is 9.52. The number of aliphatic carboxylic acids is 1. The maximum atomic E-state index is 13.0. The molecular formula is C14H20FNO2S. The first kappa shape index (κ1) is 16.0. The van der Waals surface area contributed by atoms with E-state index in [0.29, 0.717) is 12.0 Å². The molecule has 5 heteroatoms. The Balaban J connectivity index is 2.91. The molecule has 3 N–H and O–H groups in total. The number of hydrogen-bond donors (Lipinski definition) is 2. The molecule has 0 aliphatic heterocycles. The number of carboxylic acids is 1. The molecule has 0 amide bonds. The Bertz CT molecular complexity index is 410. The molecule has 0 radical (unpaired) electrons. The van der Waals surface area contributed by atoms with Crippen LogP contribution in [0.5, 0.6) is 0 Å². The van der Waals surface area contributed by atoms with Crippen LogP contribution in [0.25, 0.3) is 0 Å². The van der Waals surface area contributed by atoms with Gasteiger partial charge in [0.1, 0.15) is 11.2 Å². The van der Waals surface area contributed by atoms with Gasteiger partial charge in [-0.05, 0) is 42.0 Å². The number of hydrogen-bond acceptors (Lipinski definition) is 3. The van der Waals surface area contributed by atoms with Crippen molar-refractivity contribution in [1.29, 1.82) is 0 Å². The van der Waals surface area contributed by atoms with Gasteiger partial charge in [-0.25, -0.2) is 4.39 Å². The van der Waals surface area contributed by atoms with Crippen LogP contribution in [-0.4, -0.2) is 29.1 Å². The van der Waals surface area contributed by atoms with Crippen molar-refractivity contribution in [3.8, 4) is 0 Å². The maximum absolute atomic E-state index is 13.0. The first-order valence-corrected chi connectivity index (χ1v) is 7.49. The van der Waals surface area contributed by atoms with Crippen molar-refractivity contribution in [3.05, 3.63) is 35.6 Å². The number of carbonyl (C=O) groups is 1. The first-order chi connectivity index (χ1) is 9.06. The molecule has 0 bridgehead atoms. The van der Waals surface area contributed by atoms with Crippen molar-refractivity contribution in [1.82, 2.24) is 0 Å². The van der Waals surface area contributed by atoms with E-state index in [9.17, 15) is 14.3 Å². The van der Waals surface area contributed by atoms with Gasteiger partial charge in [0.25, 0.3) is 0 Å². The molecule has 0 aromatic heterocycles. The van der Waals surface area contributed by atoms with Crippen LogP contribution in [-0.2, 0) is 10.2 Å². The van der Waals surface area contributed by atoms with Crippen LogP contribution >= 0.6 is 11.8 Å².